The van der Waals surface area contributed by atoms with E-state index in [0.29, 0.717) is 12.0 Å². The molecule has 0 aliphatic heterocycles. The molecule has 21 heavy (non-hydrogen) atoms. The smallest absolute Gasteiger partial charge is 0.246 e. The molecule has 0 aromatic carbocycles. The van der Waals surface area contributed by atoms with Gasteiger partial charge in [-0.3, -0.25) is 9.59 Å². The van der Waals surface area contributed by atoms with Crippen LogP contribution in [0.1, 0.15) is 34.1 Å². The Balaban J connectivity index is 4.19. The standard InChI is InChI=1S/C16H29N3O2/c1-12(2)17-16(21)13(3)9-10-14(4)18-15(20)8-7-11-19(5)6/h7-9,12,14H,10-11H2,1-6H3,(H,17,21)(H,18,20)/b8-7+,13-9+. The van der Waals surface area contributed by atoms with Gasteiger partial charge in [0.2, 0.25) is 11.8 Å². The van der Waals surface area contributed by atoms with Crippen LogP contribution < -0.4 is 10.6 Å². The minimum absolute atomic E-state index is 0.0108. The van der Waals surface area contributed by atoms with Crippen molar-refractivity contribution in [1.29, 1.82) is 0 Å². The van der Waals surface area contributed by atoms with Gasteiger partial charge >= 0.3 is 0 Å². The van der Waals surface area contributed by atoms with Gasteiger partial charge < -0.3 is 15.5 Å². The summed E-state index contributed by atoms with van der Waals surface area (Å²) in [6.07, 6.45) is 5.84. The normalized spacial score (nSPS) is 13.8. The lowest BCUT2D eigenvalue weighted by atomic mass is 10.1. The minimum Gasteiger partial charge on any atom is -0.350 e. The van der Waals surface area contributed by atoms with Gasteiger partial charge in [-0.2, -0.15) is 0 Å². The summed E-state index contributed by atoms with van der Waals surface area (Å²) in [5.74, 6) is -0.170. The van der Waals surface area contributed by atoms with Crippen molar-refractivity contribution in [3.63, 3.8) is 0 Å². The van der Waals surface area contributed by atoms with Crippen LogP contribution in [0.2, 0.25) is 0 Å². The molecular formula is C16H29N3O2. The number of carbonyl (C=O) groups excluding carboxylic acids is 2. The average Bonchev–Trinajstić information content (AvgIpc) is 2.34. The zero-order chi connectivity index (χ0) is 16.4. The molecular weight excluding hydrogens is 266 g/mol. The van der Waals surface area contributed by atoms with Crippen molar-refractivity contribution in [3.05, 3.63) is 23.8 Å². The van der Waals surface area contributed by atoms with Gasteiger partial charge in [0.05, 0.1) is 0 Å². The molecule has 0 aliphatic carbocycles. The molecule has 0 spiro atoms. The molecule has 0 fully saturated rings. The molecule has 0 saturated heterocycles. The topological polar surface area (TPSA) is 61.4 Å². The predicted molar refractivity (Wildman–Crippen MR) is 87.0 cm³/mol. The number of rotatable bonds is 8. The molecule has 120 valence electrons. The molecule has 0 radical (unpaired) electrons. The van der Waals surface area contributed by atoms with Crippen LogP contribution in [0.25, 0.3) is 0 Å². The first-order valence-electron chi connectivity index (χ1n) is 7.31. The van der Waals surface area contributed by atoms with Crippen molar-refractivity contribution in [2.75, 3.05) is 20.6 Å². The summed E-state index contributed by atoms with van der Waals surface area (Å²) in [6, 6.07) is 0.114. The van der Waals surface area contributed by atoms with Gasteiger partial charge in [-0.05, 0) is 48.2 Å². The first kappa shape index (κ1) is 19.4. The van der Waals surface area contributed by atoms with Gasteiger partial charge in [0, 0.05) is 30.3 Å². The second kappa shape index (κ2) is 10.2. The molecule has 0 aromatic rings. The largest absolute Gasteiger partial charge is 0.350 e. The molecule has 2 amide bonds. The highest BCUT2D eigenvalue weighted by Crippen LogP contribution is 2.00. The van der Waals surface area contributed by atoms with Gasteiger partial charge in [0.1, 0.15) is 0 Å². The van der Waals surface area contributed by atoms with E-state index < -0.39 is 0 Å². The Morgan fingerprint density at radius 3 is 2.29 bits per heavy atom. The third kappa shape index (κ3) is 10.8. The molecule has 0 aliphatic rings. The number of hydrogen-bond acceptors (Lipinski definition) is 3. The summed E-state index contributed by atoms with van der Waals surface area (Å²) in [7, 11) is 3.89. The van der Waals surface area contributed by atoms with E-state index in [1.807, 2.05) is 51.9 Å². The fourth-order valence-electron chi connectivity index (χ4n) is 1.54. The Morgan fingerprint density at radius 1 is 1.14 bits per heavy atom. The molecule has 0 heterocycles. The zero-order valence-corrected chi connectivity index (χ0v) is 14.1. The second-order valence-electron chi connectivity index (χ2n) is 5.83. The van der Waals surface area contributed by atoms with Crippen LogP contribution in [0.4, 0.5) is 0 Å². The van der Waals surface area contributed by atoms with Gasteiger partial charge in [-0.1, -0.05) is 12.2 Å². The van der Waals surface area contributed by atoms with Gasteiger partial charge in [-0.25, -0.2) is 0 Å². The summed E-state index contributed by atoms with van der Waals surface area (Å²) in [6.45, 7) is 8.28. The van der Waals surface area contributed by atoms with E-state index in [1.54, 1.807) is 13.0 Å². The number of nitrogens with zero attached hydrogens (tertiary/aromatic N) is 1. The number of amides is 2. The zero-order valence-electron chi connectivity index (χ0n) is 14.1. The number of hydrogen-bond donors (Lipinski definition) is 2. The number of likely N-dealkylation sites (N-methyl/N-ethyl adjacent to an activating group) is 1. The Morgan fingerprint density at radius 2 is 1.76 bits per heavy atom. The van der Waals surface area contributed by atoms with Crippen molar-refractivity contribution in [2.45, 2.75) is 46.2 Å². The molecule has 5 heteroatoms. The third-order valence-corrected chi connectivity index (χ3v) is 2.68. The van der Waals surface area contributed by atoms with E-state index in [0.717, 1.165) is 6.54 Å². The van der Waals surface area contributed by atoms with Crippen molar-refractivity contribution in [3.8, 4) is 0 Å². The van der Waals surface area contributed by atoms with Crippen molar-refractivity contribution in [1.82, 2.24) is 15.5 Å². The highest BCUT2D eigenvalue weighted by Gasteiger charge is 2.07. The van der Waals surface area contributed by atoms with Crippen LogP contribution in [0.3, 0.4) is 0 Å². The maximum absolute atomic E-state index is 11.7. The monoisotopic (exact) mass is 295 g/mol. The predicted octanol–water partition coefficient (Wildman–Crippen LogP) is 1.47. The van der Waals surface area contributed by atoms with E-state index in [1.165, 1.54) is 0 Å². The average molecular weight is 295 g/mol. The highest BCUT2D eigenvalue weighted by molar-refractivity contribution is 5.92. The summed E-state index contributed by atoms with van der Waals surface area (Å²) >= 11 is 0. The van der Waals surface area contributed by atoms with Crippen molar-refractivity contribution >= 4 is 11.8 Å². The second-order valence-corrected chi connectivity index (χ2v) is 5.83. The van der Waals surface area contributed by atoms with Crippen molar-refractivity contribution < 1.29 is 9.59 Å². The van der Waals surface area contributed by atoms with E-state index in [4.69, 9.17) is 0 Å². The van der Waals surface area contributed by atoms with Gasteiger partial charge in [0.15, 0.2) is 0 Å². The molecule has 0 rings (SSSR count). The lowest BCUT2D eigenvalue weighted by Gasteiger charge is -2.12. The maximum atomic E-state index is 11.7. The van der Waals surface area contributed by atoms with Crippen LogP contribution in [-0.2, 0) is 9.59 Å². The van der Waals surface area contributed by atoms with Crippen molar-refractivity contribution in [2.24, 2.45) is 0 Å². The van der Waals surface area contributed by atoms with Gasteiger partial charge in [0.25, 0.3) is 0 Å². The summed E-state index contributed by atoms with van der Waals surface area (Å²) < 4.78 is 0. The van der Waals surface area contributed by atoms with Crippen LogP contribution in [-0.4, -0.2) is 49.4 Å². The van der Waals surface area contributed by atoms with E-state index in [2.05, 4.69) is 10.6 Å². The summed E-state index contributed by atoms with van der Waals surface area (Å²) in [5, 5.41) is 5.70. The third-order valence-electron chi connectivity index (χ3n) is 2.68. The molecule has 5 nitrogen and oxygen atoms in total. The minimum atomic E-state index is -0.109. The maximum Gasteiger partial charge on any atom is 0.246 e. The van der Waals surface area contributed by atoms with Crippen LogP contribution in [0, 0.1) is 0 Å². The Labute approximate surface area is 128 Å². The lowest BCUT2D eigenvalue weighted by molar-refractivity contribution is -0.118. The number of carbonyl (C=O) groups is 2. The Kier molecular flexibility index (Phi) is 9.37. The fourth-order valence-corrected chi connectivity index (χ4v) is 1.54. The van der Waals surface area contributed by atoms with Crippen LogP contribution >= 0.6 is 0 Å². The lowest BCUT2D eigenvalue weighted by Crippen LogP contribution is -2.32. The molecule has 0 bridgehead atoms. The Bertz CT molecular complexity index is 398. The molecule has 1 atom stereocenters. The molecule has 0 saturated carbocycles. The Hall–Kier alpha value is -1.62. The van der Waals surface area contributed by atoms with Crippen LogP contribution in [0.15, 0.2) is 23.8 Å². The number of nitrogens with one attached hydrogen (secondary N) is 2. The van der Waals surface area contributed by atoms with E-state index in [-0.39, 0.29) is 23.9 Å². The first-order valence-corrected chi connectivity index (χ1v) is 7.31. The molecule has 0 aromatic heterocycles. The highest BCUT2D eigenvalue weighted by atomic mass is 16.2. The summed E-state index contributed by atoms with van der Waals surface area (Å²) in [5.41, 5.74) is 0.674. The van der Waals surface area contributed by atoms with Gasteiger partial charge in [-0.15, -0.1) is 0 Å². The van der Waals surface area contributed by atoms with E-state index in [9.17, 15) is 9.59 Å². The SMILES string of the molecule is C/C(=C\CC(C)NC(=O)/C=C/CN(C)C)C(=O)NC(C)C. The quantitative estimate of drug-likeness (QED) is 0.667. The molecule has 2 N–H and O–H groups in total. The van der Waals surface area contributed by atoms with Crippen LogP contribution in [0.5, 0.6) is 0 Å². The molecule has 1 unspecified atom stereocenters. The fraction of sp³-hybridized carbons (Fsp3) is 0.625. The van der Waals surface area contributed by atoms with E-state index >= 15 is 0 Å². The summed E-state index contributed by atoms with van der Waals surface area (Å²) in [4.78, 5) is 25.3. The first-order chi connectivity index (χ1) is 9.72.